The molecule has 154 valence electrons. The van der Waals surface area contributed by atoms with Crippen molar-refractivity contribution in [2.75, 3.05) is 11.9 Å². The first-order chi connectivity index (χ1) is 14.3. The summed E-state index contributed by atoms with van der Waals surface area (Å²) in [5.74, 6) is -1.42. The number of nitrogens with two attached hydrogens (primary N) is 1. The summed E-state index contributed by atoms with van der Waals surface area (Å²) in [7, 11) is 0. The molecule has 0 radical (unpaired) electrons. The van der Waals surface area contributed by atoms with E-state index in [0.29, 0.717) is 22.6 Å². The van der Waals surface area contributed by atoms with E-state index in [2.05, 4.69) is 5.32 Å². The number of carbonyl (C=O) groups excluding carboxylic acids is 3. The van der Waals surface area contributed by atoms with Crippen LogP contribution >= 0.6 is 0 Å². The van der Waals surface area contributed by atoms with Crippen LogP contribution in [0, 0.1) is 19.7 Å². The van der Waals surface area contributed by atoms with Crippen LogP contribution in [0.1, 0.15) is 32.1 Å². The van der Waals surface area contributed by atoms with Crippen LogP contribution in [-0.4, -0.2) is 29.0 Å². The van der Waals surface area contributed by atoms with Gasteiger partial charge in [-0.1, -0.05) is 6.07 Å². The molecule has 3 N–H and O–H groups in total. The lowest BCUT2D eigenvalue weighted by Crippen LogP contribution is -2.19. The number of hydrogen-bond donors (Lipinski definition) is 2. The Morgan fingerprint density at radius 3 is 2.40 bits per heavy atom. The molecule has 30 heavy (non-hydrogen) atoms. The predicted molar refractivity (Wildman–Crippen MR) is 109 cm³/mol. The summed E-state index contributed by atoms with van der Waals surface area (Å²) < 4.78 is 20.5. The highest BCUT2D eigenvalue weighted by Gasteiger charge is 2.19. The minimum absolute atomic E-state index is 0.225. The Labute approximate surface area is 172 Å². The highest BCUT2D eigenvalue weighted by molar-refractivity contribution is 6.00. The van der Waals surface area contributed by atoms with E-state index in [1.807, 2.05) is 6.92 Å². The van der Waals surface area contributed by atoms with Crippen LogP contribution in [0.4, 0.5) is 14.9 Å². The number of ketones is 1. The third-order valence-corrected chi connectivity index (χ3v) is 4.52. The minimum atomic E-state index is -0.716. The number of nitrogens with zero attached hydrogens (tertiary/aromatic N) is 1. The maximum atomic E-state index is 13.6. The van der Waals surface area contributed by atoms with Crippen molar-refractivity contribution in [3.8, 4) is 5.69 Å². The van der Waals surface area contributed by atoms with Gasteiger partial charge in [-0.15, -0.1) is 0 Å². The van der Waals surface area contributed by atoms with Gasteiger partial charge in [0.15, 0.2) is 6.61 Å². The first kappa shape index (κ1) is 20.8. The first-order valence-electron chi connectivity index (χ1n) is 9.08. The molecule has 7 nitrogen and oxygen atoms in total. The molecule has 0 aliphatic carbocycles. The Bertz CT molecular complexity index is 1120. The zero-order chi connectivity index (χ0) is 21.8. The largest absolute Gasteiger partial charge is 0.454 e. The van der Waals surface area contributed by atoms with Crippen LogP contribution in [0.25, 0.3) is 5.69 Å². The molecule has 0 unspecified atom stereocenters. The fraction of sp³-hybridized carbons (Fsp3) is 0.136. The van der Waals surface area contributed by atoms with E-state index >= 15 is 0 Å². The summed E-state index contributed by atoms with van der Waals surface area (Å²) in [4.78, 5) is 35.6. The molecule has 0 spiro atoms. The summed E-state index contributed by atoms with van der Waals surface area (Å²) in [5.41, 5.74) is 8.06. The van der Waals surface area contributed by atoms with Crippen LogP contribution < -0.4 is 11.1 Å². The molecular formula is C22H20FN3O4. The number of anilines is 1. The third-order valence-electron chi connectivity index (χ3n) is 4.52. The number of primary amides is 1. The summed E-state index contributed by atoms with van der Waals surface area (Å²) in [6, 6.07) is 12.9. The molecule has 3 rings (SSSR count). The lowest BCUT2D eigenvalue weighted by Gasteiger charge is -2.10. The van der Waals surface area contributed by atoms with Crippen molar-refractivity contribution in [3.63, 3.8) is 0 Å². The number of halogens is 1. The second kappa shape index (κ2) is 8.60. The fourth-order valence-corrected chi connectivity index (χ4v) is 3.18. The van der Waals surface area contributed by atoms with Gasteiger partial charge in [-0.3, -0.25) is 4.79 Å². The Balaban J connectivity index is 1.70. The van der Waals surface area contributed by atoms with Crippen LogP contribution in [0.5, 0.6) is 0 Å². The normalized spacial score (nSPS) is 10.5. The van der Waals surface area contributed by atoms with Crippen molar-refractivity contribution < 1.29 is 23.5 Å². The quantitative estimate of drug-likeness (QED) is 0.478. The molecule has 0 aliphatic rings. The Morgan fingerprint density at radius 2 is 1.77 bits per heavy atom. The minimum Gasteiger partial charge on any atom is -0.454 e. The molecule has 2 amide bonds. The van der Waals surface area contributed by atoms with Gasteiger partial charge in [-0.25, -0.2) is 14.0 Å². The lowest BCUT2D eigenvalue weighted by atomic mass is 10.1. The maximum absolute atomic E-state index is 13.6. The number of nitrogens with one attached hydrogen (secondary N) is 1. The van der Waals surface area contributed by atoms with Crippen LogP contribution in [0.3, 0.4) is 0 Å². The van der Waals surface area contributed by atoms with E-state index in [9.17, 15) is 18.8 Å². The van der Waals surface area contributed by atoms with Crippen molar-refractivity contribution in [1.82, 2.24) is 4.57 Å². The standard InChI is InChI=1S/C22H20FN3O4/c1-13-10-19(14(2)26(13)18-5-3-4-16(23)11-18)20(27)12-30-21(28)15-6-8-17(9-7-15)25-22(24)29/h3-11H,12H2,1-2H3,(H3,24,25,29). The molecule has 0 saturated heterocycles. The number of hydrogen-bond acceptors (Lipinski definition) is 4. The van der Waals surface area contributed by atoms with Gasteiger partial charge >= 0.3 is 12.0 Å². The SMILES string of the molecule is Cc1cc(C(=O)COC(=O)c2ccc(NC(N)=O)cc2)c(C)n1-c1cccc(F)c1. The average molecular weight is 409 g/mol. The van der Waals surface area contributed by atoms with Crippen LogP contribution in [-0.2, 0) is 4.74 Å². The molecule has 0 saturated carbocycles. The van der Waals surface area contributed by atoms with Crippen molar-refractivity contribution >= 4 is 23.5 Å². The van der Waals surface area contributed by atoms with E-state index in [-0.39, 0.29) is 17.2 Å². The topological polar surface area (TPSA) is 103 Å². The highest BCUT2D eigenvalue weighted by Crippen LogP contribution is 2.22. The highest BCUT2D eigenvalue weighted by atomic mass is 19.1. The van der Waals surface area contributed by atoms with Gasteiger partial charge in [0.1, 0.15) is 5.82 Å². The predicted octanol–water partition coefficient (Wildman–Crippen LogP) is 3.76. The van der Waals surface area contributed by atoms with Crippen molar-refractivity contribution in [1.29, 1.82) is 0 Å². The van der Waals surface area contributed by atoms with Crippen molar-refractivity contribution in [2.45, 2.75) is 13.8 Å². The van der Waals surface area contributed by atoms with Gasteiger partial charge < -0.3 is 20.4 Å². The van der Waals surface area contributed by atoms with E-state index in [1.54, 1.807) is 29.7 Å². The Kier molecular flexibility index (Phi) is 5.96. The summed E-state index contributed by atoms with van der Waals surface area (Å²) in [6.07, 6.45) is 0. The molecule has 0 atom stereocenters. The molecule has 0 aliphatic heterocycles. The number of rotatable bonds is 6. The first-order valence-corrected chi connectivity index (χ1v) is 9.08. The smallest absolute Gasteiger partial charge is 0.338 e. The van der Waals surface area contributed by atoms with Gasteiger partial charge in [0.2, 0.25) is 5.78 Å². The van der Waals surface area contributed by atoms with Crippen LogP contribution in [0.15, 0.2) is 54.6 Å². The van der Waals surface area contributed by atoms with Gasteiger partial charge in [-0.2, -0.15) is 0 Å². The third kappa shape index (κ3) is 4.54. The van der Waals surface area contributed by atoms with Gasteiger partial charge in [0.25, 0.3) is 0 Å². The van der Waals surface area contributed by atoms with E-state index in [1.165, 1.54) is 36.4 Å². The molecule has 8 heteroatoms. The number of urea groups is 1. The fourth-order valence-electron chi connectivity index (χ4n) is 3.18. The van der Waals surface area contributed by atoms with Crippen molar-refractivity contribution in [2.24, 2.45) is 5.73 Å². The van der Waals surface area contributed by atoms with Gasteiger partial charge in [0.05, 0.1) is 5.56 Å². The monoisotopic (exact) mass is 409 g/mol. The number of aromatic nitrogens is 1. The lowest BCUT2D eigenvalue weighted by molar-refractivity contribution is 0.0474. The molecular weight excluding hydrogens is 389 g/mol. The molecule has 2 aromatic carbocycles. The second-order valence-electron chi connectivity index (χ2n) is 6.67. The number of esters is 1. The Hall–Kier alpha value is -3.94. The number of benzene rings is 2. The number of amides is 2. The zero-order valence-corrected chi connectivity index (χ0v) is 16.4. The number of Topliss-reactive ketones (excluding diaryl/α,β-unsaturated/α-hetero) is 1. The van der Waals surface area contributed by atoms with E-state index in [0.717, 1.165) is 5.69 Å². The molecule has 3 aromatic rings. The number of carbonyl (C=O) groups is 3. The second-order valence-corrected chi connectivity index (χ2v) is 6.67. The van der Waals surface area contributed by atoms with Crippen molar-refractivity contribution in [3.05, 3.63) is 82.9 Å². The van der Waals surface area contributed by atoms with Gasteiger partial charge in [-0.05, 0) is 62.4 Å². The summed E-state index contributed by atoms with van der Waals surface area (Å²) in [5, 5.41) is 2.38. The summed E-state index contributed by atoms with van der Waals surface area (Å²) in [6.45, 7) is 3.12. The van der Waals surface area contributed by atoms with E-state index in [4.69, 9.17) is 10.5 Å². The molecule has 0 fully saturated rings. The van der Waals surface area contributed by atoms with Crippen LogP contribution in [0.2, 0.25) is 0 Å². The molecule has 1 aromatic heterocycles. The molecule has 0 bridgehead atoms. The Morgan fingerprint density at radius 1 is 1.07 bits per heavy atom. The zero-order valence-electron chi connectivity index (χ0n) is 16.4. The average Bonchev–Trinajstić information content (AvgIpc) is 3.00. The van der Waals surface area contributed by atoms with E-state index < -0.39 is 18.6 Å². The summed E-state index contributed by atoms with van der Waals surface area (Å²) >= 11 is 0. The van der Waals surface area contributed by atoms with Gasteiger partial charge in [0, 0.05) is 28.3 Å². The maximum Gasteiger partial charge on any atom is 0.338 e. The number of aryl methyl sites for hydroxylation is 1. The number of ether oxygens (including phenoxy) is 1. The molecule has 1 heterocycles.